The van der Waals surface area contributed by atoms with Gasteiger partial charge in [-0.1, -0.05) is 17.7 Å². The molecule has 0 saturated heterocycles. The summed E-state index contributed by atoms with van der Waals surface area (Å²) in [7, 11) is 1.44. The van der Waals surface area contributed by atoms with Crippen LogP contribution < -0.4 is 9.47 Å². The lowest BCUT2D eigenvalue weighted by Gasteiger charge is -2.14. The molecule has 2 nitrogen and oxygen atoms in total. The molecule has 2 aromatic carbocycles. The van der Waals surface area contributed by atoms with Crippen LogP contribution in [-0.4, -0.2) is 7.11 Å². The third-order valence-electron chi connectivity index (χ3n) is 2.87. The minimum absolute atomic E-state index is 0.169. The van der Waals surface area contributed by atoms with E-state index >= 15 is 0 Å². The molecule has 0 saturated carbocycles. The second-order valence-corrected chi connectivity index (χ2v) is 4.91. The highest BCUT2D eigenvalue weighted by molar-refractivity contribution is 6.32. The molecule has 0 aliphatic heterocycles. The Morgan fingerprint density at radius 1 is 1.14 bits per heavy atom. The number of benzene rings is 2. The first-order chi connectivity index (χ1) is 10.1. The average molecular weight is 333 g/mol. The van der Waals surface area contributed by atoms with Gasteiger partial charge < -0.3 is 9.47 Å². The average Bonchev–Trinajstić information content (AvgIpc) is 2.47. The van der Waals surface area contributed by atoms with Gasteiger partial charge in [0, 0.05) is 5.88 Å². The van der Waals surface area contributed by atoms with Crippen molar-refractivity contribution in [2.75, 3.05) is 7.11 Å². The highest BCUT2D eigenvalue weighted by atomic mass is 35.5. The maximum absolute atomic E-state index is 13.6. The van der Waals surface area contributed by atoms with E-state index < -0.39 is 11.6 Å². The molecule has 6 heteroatoms. The predicted octanol–water partition coefficient (Wildman–Crippen LogP) is 4.94. The molecule has 0 amide bonds. The summed E-state index contributed by atoms with van der Waals surface area (Å²) in [4.78, 5) is 0. The summed E-state index contributed by atoms with van der Waals surface area (Å²) in [5.41, 5.74) is 0.583. The number of ether oxygens (including phenoxy) is 2. The van der Waals surface area contributed by atoms with Crippen LogP contribution >= 0.6 is 23.2 Å². The van der Waals surface area contributed by atoms with Crippen LogP contribution in [0.2, 0.25) is 5.02 Å². The third-order valence-corrected chi connectivity index (χ3v) is 3.46. The molecule has 0 radical (unpaired) electrons. The Bertz CT molecular complexity index is 628. The van der Waals surface area contributed by atoms with Crippen molar-refractivity contribution in [1.29, 1.82) is 0 Å². The number of rotatable bonds is 5. The lowest BCUT2D eigenvalue weighted by molar-refractivity contribution is 0.274. The van der Waals surface area contributed by atoms with Crippen molar-refractivity contribution >= 4 is 23.2 Å². The van der Waals surface area contributed by atoms with Gasteiger partial charge in [-0.25, -0.2) is 8.78 Å². The van der Waals surface area contributed by atoms with Gasteiger partial charge in [0.05, 0.1) is 17.7 Å². The normalized spacial score (nSPS) is 10.5. The van der Waals surface area contributed by atoms with Gasteiger partial charge in [0.25, 0.3) is 0 Å². The fraction of sp³-hybridized carbons (Fsp3) is 0.200. The van der Waals surface area contributed by atoms with Crippen LogP contribution in [-0.2, 0) is 12.5 Å². The van der Waals surface area contributed by atoms with Crippen molar-refractivity contribution in [1.82, 2.24) is 0 Å². The van der Waals surface area contributed by atoms with Crippen molar-refractivity contribution in [3.8, 4) is 11.5 Å². The molecule has 0 aromatic heterocycles. The topological polar surface area (TPSA) is 18.5 Å². The van der Waals surface area contributed by atoms with Gasteiger partial charge in [-0.3, -0.25) is 0 Å². The third kappa shape index (κ3) is 3.57. The van der Waals surface area contributed by atoms with Gasteiger partial charge >= 0.3 is 0 Å². The van der Waals surface area contributed by atoms with E-state index in [1.54, 1.807) is 12.1 Å². The van der Waals surface area contributed by atoms with E-state index in [0.29, 0.717) is 5.75 Å². The van der Waals surface area contributed by atoms with E-state index in [9.17, 15) is 8.78 Å². The van der Waals surface area contributed by atoms with Gasteiger partial charge in [0.1, 0.15) is 18.2 Å². The zero-order valence-electron chi connectivity index (χ0n) is 11.1. The Morgan fingerprint density at radius 3 is 2.38 bits per heavy atom. The van der Waals surface area contributed by atoms with Crippen molar-refractivity contribution < 1.29 is 18.3 Å². The van der Waals surface area contributed by atoms with Crippen molar-refractivity contribution in [3.05, 3.63) is 58.1 Å². The molecule has 0 bridgehead atoms. The molecule has 0 spiro atoms. The van der Waals surface area contributed by atoms with Crippen molar-refractivity contribution in [2.45, 2.75) is 12.5 Å². The van der Waals surface area contributed by atoms with Crippen LogP contribution in [0.4, 0.5) is 8.78 Å². The number of alkyl halides is 1. The summed E-state index contributed by atoms with van der Waals surface area (Å²) in [6, 6.07) is 6.89. The molecule has 0 unspecified atom stereocenters. The van der Waals surface area contributed by atoms with Gasteiger partial charge in [-0.05, 0) is 29.8 Å². The highest BCUT2D eigenvalue weighted by Gasteiger charge is 2.15. The first-order valence-electron chi connectivity index (χ1n) is 6.05. The molecular formula is C15H12Cl2F2O2. The maximum atomic E-state index is 13.6. The van der Waals surface area contributed by atoms with E-state index in [1.807, 2.05) is 0 Å². The molecule has 0 heterocycles. The molecule has 2 aromatic rings. The van der Waals surface area contributed by atoms with E-state index in [0.717, 1.165) is 17.7 Å². The largest absolute Gasteiger partial charge is 0.493 e. The minimum atomic E-state index is -0.678. The number of methoxy groups -OCH3 is 1. The lowest BCUT2D eigenvalue weighted by atomic mass is 10.2. The van der Waals surface area contributed by atoms with Crippen LogP contribution in [0.5, 0.6) is 11.5 Å². The van der Waals surface area contributed by atoms with Gasteiger partial charge in [0.2, 0.25) is 0 Å². The van der Waals surface area contributed by atoms with E-state index in [-0.39, 0.29) is 28.8 Å². The quantitative estimate of drug-likeness (QED) is 0.721. The number of hydrogen-bond acceptors (Lipinski definition) is 2. The minimum Gasteiger partial charge on any atom is -0.493 e. The molecule has 0 fully saturated rings. The maximum Gasteiger partial charge on any atom is 0.180 e. The van der Waals surface area contributed by atoms with Gasteiger partial charge in [0.15, 0.2) is 11.5 Å². The smallest absolute Gasteiger partial charge is 0.180 e. The summed E-state index contributed by atoms with van der Waals surface area (Å²) < 4.78 is 37.7. The first kappa shape index (κ1) is 15.9. The van der Waals surface area contributed by atoms with Crippen LogP contribution in [0.3, 0.4) is 0 Å². The van der Waals surface area contributed by atoms with Crippen LogP contribution in [0.1, 0.15) is 11.1 Å². The zero-order valence-corrected chi connectivity index (χ0v) is 12.6. The number of halogens is 4. The van der Waals surface area contributed by atoms with Crippen molar-refractivity contribution in [2.24, 2.45) is 0 Å². The van der Waals surface area contributed by atoms with E-state index in [2.05, 4.69) is 0 Å². The summed E-state index contributed by atoms with van der Waals surface area (Å²) in [5, 5.41) is 0.266. The van der Waals surface area contributed by atoms with Gasteiger partial charge in [-0.2, -0.15) is 0 Å². The SMILES string of the molecule is COc1cc(CCl)cc(Cl)c1OCc1c(F)cccc1F. The second kappa shape index (κ2) is 6.96. The Balaban J connectivity index is 2.28. The van der Waals surface area contributed by atoms with Crippen LogP contribution in [0.15, 0.2) is 30.3 Å². The first-order valence-corrected chi connectivity index (χ1v) is 6.96. The predicted molar refractivity (Wildman–Crippen MR) is 78.3 cm³/mol. The van der Waals surface area contributed by atoms with Crippen molar-refractivity contribution in [3.63, 3.8) is 0 Å². The van der Waals surface area contributed by atoms with E-state index in [4.69, 9.17) is 32.7 Å². The lowest BCUT2D eigenvalue weighted by Crippen LogP contribution is -2.03. The molecule has 0 N–H and O–H groups in total. The molecule has 0 aliphatic carbocycles. The highest BCUT2D eigenvalue weighted by Crippen LogP contribution is 2.37. The Kier molecular flexibility index (Phi) is 5.26. The fourth-order valence-corrected chi connectivity index (χ4v) is 2.25. The second-order valence-electron chi connectivity index (χ2n) is 4.23. The Labute approximate surface area is 131 Å². The molecule has 0 atom stereocenters. The van der Waals surface area contributed by atoms with Crippen LogP contribution in [0, 0.1) is 11.6 Å². The van der Waals surface area contributed by atoms with Gasteiger partial charge in [-0.15, -0.1) is 11.6 Å². The molecule has 0 aliphatic rings. The monoisotopic (exact) mass is 332 g/mol. The molecule has 21 heavy (non-hydrogen) atoms. The fourth-order valence-electron chi connectivity index (χ4n) is 1.81. The summed E-state index contributed by atoms with van der Waals surface area (Å²) in [5.74, 6) is -0.520. The summed E-state index contributed by atoms with van der Waals surface area (Å²) in [6.07, 6.45) is 0. The standard InChI is InChI=1S/C15H12Cl2F2O2/c1-20-14-6-9(7-16)5-11(17)15(14)21-8-10-12(18)3-2-4-13(10)19/h2-6H,7-8H2,1H3. The zero-order chi connectivity index (χ0) is 15.4. The summed E-state index contributed by atoms with van der Waals surface area (Å²) in [6.45, 7) is -0.297. The summed E-state index contributed by atoms with van der Waals surface area (Å²) >= 11 is 11.8. The van der Waals surface area contributed by atoms with E-state index in [1.165, 1.54) is 13.2 Å². The molecule has 112 valence electrons. The number of hydrogen-bond donors (Lipinski definition) is 0. The Hall–Kier alpha value is -1.52. The Morgan fingerprint density at radius 2 is 1.81 bits per heavy atom. The molecular weight excluding hydrogens is 321 g/mol. The molecule has 2 rings (SSSR count). The van der Waals surface area contributed by atoms with Crippen LogP contribution in [0.25, 0.3) is 0 Å².